The van der Waals surface area contributed by atoms with E-state index in [1.165, 1.54) is 64.2 Å². The topological polar surface area (TPSA) is 6.48 Å². The zero-order valence-electron chi connectivity index (χ0n) is 17.0. The quantitative estimate of drug-likeness (QED) is 0.416. The van der Waals surface area contributed by atoms with E-state index in [1.807, 2.05) is 0 Å². The summed E-state index contributed by atoms with van der Waals surface area (Å²) < 4.78 is 6.07. The van der Waals surface area contributed by atoms with Crippen LogP contribution in [0.25, 0.3) is 0 Å². The first kappa shape index (κ1) is 23.8. The summed E-state index contributed by atoms with van der Waals surface area (Å²) in [7, 11) is 0. The van der Waals surface area contributed by atoms with Crippen LogP contribution in [0, 0.1) is 37.5 Å². The van der Waals surface area contributed by atoms with Gasteiger partial charge in [0.15, 0.2) is 0 Å². The molecule has 2 aliphatic rings. The minimum atomic E-state index is -1.01. The molecule has 0 saturated heterocycles. The van der Waals surface area contributed by atoms with Crippen molar-refractivity contribution < 1.29 is 37.5 Å². The Labute approximate surface area is 183 Å². The molecule has 0 N–H and O–H groups in total. The summed E-state index contributed by atoms with van der Waals surface area (Å²) in [5.41, 5.74) is 0.701. The zero-order chi connectivity index (χ0) is 17.1. The van der Waals surface area contributed by atoms with Gasteiger partial charge in [0.25, 0.3) is 0 Å². The maximum absolute atomic E-state index is 3.03. The molecule has 2 saturated carbocycles. The fraction of sp³-hybridized carbons (Fsp3) is 1.00. The number of rotatable bonds is 4. The molecular formula is C20H41BrN2Nd. The SMILES string of the molecule is Br.CC(C)(C)[N]([Nd][N](C1CCCCC1)C(C)(C)C)C1CCCCC1. The molecular weight excluding hydrogens is 492 g/mol. The Morgan fingerprint density at radius 3 is 1.12 bits per heavy atom. The van der Waals surface area contributed by atoms with Gasteiger partial charge >= 0.3 is 168 Å². The molecule has 0 spiro atoms. The second-order valence-corrected chi connectivity index (χ2v) is 13.5. The maximum atomic E-state index is 3.03. The molecule has 0 aliphatic heterocycles. The van der Waals surface area contributed by atoms with Crippen LogP contribution in [0.1, 0.15) is 106 Å². The molecule has 0 aromatic rings. The zero-order valence-corrected chi connectivity index (χ0v) is 21.9. The van der Waals surface area contributed by atoms with Crippen LogP contribution in [-0.4, -0.2) is 25.1 Å². The van der Waals surface area contributed by atoms with Crippen molar-refractivity contribution in [1.29, 1.82) is 0 Å². The summed E-state index contributed by atoms with van der Waals surface area (Å²) in [5.74, 6) is 0. The van der Waals surface area contributed by atoms with Crippen LogP contribution in [0.3, 0.4) is 0 Å². The van der Waals surface area contributed by atoms with Gasteiger partial charge in [0.2, 0.25) is 0 Å². The van der Waals surface area contributed by atoms with E-state index in [-0.39, 0.29) is 17.0 Å². The molecule has 0 atom stereocenters. The van der Waals surface area contributed by atoms with Gasteiger partial charge in [-0.15, -0.1) is 17.0 Å². The molecule has 2 fully saturated rings. The molecule has 0 heterocycles. The van der Waals surface area contributed by atoms with E-state index in [2.05, 4.69) is 43.5 Å². The number of halogens is 1. The molecule has 0 aromatic heterocycles. The van der Waals surface area contributed by atoms with Crippen molar-refractivity contribution in [3.63, 3.8) is 0 Å². The van der Waals surface area contributed by atoms with Crippen LogP contribution in [-0.2, 0) is 0 Å². The third-order valence-corrected chi connectivity index (χ3v) is 13.6. The van der Waals surface area contributed by atoms with Crippen molar-refractivity contribution in [2.24, 2.45) is 0 Å². The van der Waals surface area contributed by atoms with Gasteiger partial charge in [-0.25, -0.2) is 0 Å². The molecule has 0 aromatic carbocycles. The summed E-state index contributed by atoms with van der Waals surface area (Å²) in [6.07, 6.45) is 14.6. The van der Waals surface area contributed by atoms with E-state index >= 15 is 0 Å². The van der Waals surface area contributed by atoms with Crippen LogP contribution in [0.4, 0.5) is 0 Å². The van der Waals surface area contributed by atoms with Crippen LogP contribution in [0.2, 0.25) is 0 Å². The first-order chi connectivity index (χ1) is 10.7. The van der Waals surface area contributed by atoms with Crippen molar-refractivity contribution in [3.8, 4) is 0 Å². The monoisotopic (exact) mass is 530 g/mol. The molecule has 24 heavy (non-hydrogen) atoms. The summed E-state index contributed by atoms with van der Waals surface area (Å²) in [5, 5.41) is 0. The van der Waals surface area contributed by atoms with Crippen LogP contribution in [0.5, 0.6) is 0 Å². The Balaban J connectivity index is 0.00000288. The second kappa shape index (κ2) is 10.3. The van der Waals surface area contributed by atoms with Gasteiger partial charge in [0.05, 0.1) is 0 Å². The number of hydrogen-bond acceptors (Lipinski definition) is 2. The molecule has 2 nitrogen and oxygen atoms in total. The van der Waals surface area contributed by atoms with E-state index in [4.69, 9.17) is 0 Å². The molecule has 2 aliphatic carbocycles. The predicted octanol–water partition coefficient (Wildman–Crippen LogP) is 6.35. The normalized spacial score (nSPS) is 21.8. The summed E-state index contributed by atoms with van der Waals surface area (Å²) in [6, 6.07) is 1.75. The molecule has 2 rings (SSSR count). The van der Waals surface area contributed by atoms with Crippen LogP contribution < -0.4 is 0 Å². The van der Waals surface area contributed by atoms with Crippen molar-refractivity contribution in [2.45, 2.75) is 129 Å². The first-order valence-corrected chi connectivity index (χ1v) is 12.9. The van der Waals surface area contributed by atoms with Gasteiger partial charge in [0.1, 0.15) is 0 Å². The van der Waals surface area contributed by atoms with E-state index in [0.29, 0.717) is 11.1 Å². The van der Waals surface area contributed by atoms with E-state index < -0.39 is 37.5 Å². The Hall–Kier alpha value is 1.75. The average Bonchev–Trinajstić information content (AvgIpc) is 2.47. The second-order valence-electron chi connectivity index (χ2n) is 9.77. The average molecular weight is 534 g/mol. The van der Waals surface area contributed by atoms with Gasteiger partial charge in [0, 0.05) is 0 Å². The summed E-state index contributed by atoms with van der Waals surface area (Å²) >= 11 is -1.01. The van der Waals surface area contributed by atoms with Crippen LogP contribution >= 0.6 is 17.0 Å². The third kappa shape index (κ3) is 7.05. The Morgan fingerprint density at radius 2 is 0.875 bits per heavy atom. The van der Waals surface area contributed by atoms with Crippen molar-refractivity contribution in [1.82, 2.24) is 1.97 Å². The van der Waals surface area contributed by atoms with E-state index in [1.54, 1.807) is 0 Å². The molecule has 4 heteroatoms. The van der Waals surface area contributed by atoms with Gasteiger partial charge < -0.3 is 0 Å². The van der Waals surface area contributed by atoms with Crippen molar-refractivity contribution in [3.05, 3.63) is 0 Å². The van der Waals surface area contributed by atoms with E-state index in [0.717, 1.165) is 12.1 Å². The number of hydrogen-bond donors (Lipinski definition) is 0. The third-order valence-electron chi connectivity index (χ3n) is 5.54. The first-order valence-electron chi connectivity index (χ1n) is 10.0. The fourth-order valence-electron chi connectivity index (χ4n) is 4.35. The molecule has 0 unspecified atom stereocenters. The summed E-state index contributed by atoms with van der Waals surface area (Å²) in [4.78, 5) is 0. The standard InChI is InChI=1S/2C10H20N.BrH.Nd/c2*1-10(2,3)11-9-7-5-4-6-8-9;;/h2*9H,4-8H2,1-3H3;1H;/q2*-1;;+2. The summed E-state index contributed by atoms with van der Waals surface area (Å²) in [6.45, 7) is 14.8. The van der Waals surface area contributed by atoms with Gasteiger partial charge in [-0.05, 0) is 0 Å². The molecule has 0 amide bonds. The van der Waals surface area contributed by atoms with Gasteiger partial charge in [-0.1, -0.05) is 0 Å². The molecule has 0 radical (unpaired) electrons. The number of nitrogens with zero attached hydrogens (tertiary/aromatic N) is 2. The Bertz CT molecular complexity index is 316. The van der Waals surface area contributed by atoms with Crippen LogP contribution in [0.15, 0.2) is 0 Å². The predicted molar refractivity (Wildman–Crippen MR) is 107 cm³/mol. The molecule has 0 bridgehead atoms. The van der Waals surface area contributed by atoms with E-state index in [9.17, 15) is 0 Å². The van der Waals surface area contributed by atoms with Crippen molar-refractivity contribution in [2.75, 3.05) is 0 Å². The van der Waals surface area contributed by atoms with Gasteiger partial charge in [-0.2, -0.15) is 0 Å². The fourth-order valence-corrected chi connectivity index (χ4v) is 9.73. The molecule has 142 valence electrons. The van der Waals surface area contributed by atoms with Crippen molar-refractivity contribution >= 4 is 17.0 Å². The Kier molecular flexibility index (Phi) is 10.2. The van der Waals surface area contributed by atoms with Gasteiger partial charge in [-0.3, -0.25) is 0 Å². The minimum absolute atomic E-state index is 0. The Morgan fingerprint density at radius 1 is 0.583 bits per heavy atom.